The van der Waals surface area contributed by atoms with E-state index < -0.39 is 0 Å². The second-order valence-electron chi connectivity index (χ2n) is 9.20. The number of piperidine rings is 1. The van der Waals surface area contributed by atoms with Gasteiger partial charge in [-0.1, -0.05) is 43.2 Å². The Labute approximate surface area is 210 Å². The van der Waals surface area contributed by atoms with Crippen molar-refractivity contribution in [2.45, 2.75) is 56.7 Å². The lowest BCUT2D eigenvalue weighted by Crippen LogP contribution is -2.55. The molecule has 2 fully saturated rings. The van der Waals surface area contributed by atoms with E-state index in [0.717, 1.165) is 36.7 Å². The quantitative estimate of drug-likeness (QED) is 0.382. The molecule has 172 valence electrons. The fourth-order valence-corrected chi connectivity index (χ4v) is 5.53. The van der Waals surface area contributed by atoms with Crippen LogP contribution in [0.2, 0.25) is 0 Å². The first-order valence-corrected chi connectivity index (χ1v) is 13.2. The summed E-state index contributed by atoms with van der Waals surface area (Å²) in [7, 11) is 0. The summed E-state index contributed by atoms with van der Waals surface area (Å²) in [6.07, 6.45) is 9.24. The van der Waals surface area contributed by atoms with Crippen LogP contribution in [-0.2, 0) is 0 Å². The third-order valence-corrected chi connectivity index (χ3v) is 7.59. The van der Waals surface area contributed by atoms with E-state index in [4.69, 9.17) is 4.98 Å². The fraction of sp³-hybridized carbons (Fsp3) is 0.407. The maximum atomic E-state index is 4.82. The van der Waals surface area contributed by atoms with Gasteiger partial charge in [0.2, 0.25) is 5.95 Å². The normalized spacial score (nSPS) is 23.3. The first kappa shape index (κ1) is 22.6. The minimum absolute atomic E-state index is 0.360. The number of anilines is 2. The lowest BCUT2D eigenvalue weighted by atomic mass is 9.89. The molecule has 2 N–H and O–H groups in total. The van der Waals surface area contributed by atoms with Crippen molar-refractivity contribution >= 4 is 34.2 Å². The summed E-state index contributed by atoms with van der Waals surface area (Å²) >= 11 is 2.38. The Morgan fingerprint density at radius 3 is 2.45 bits per heavy atom. The lowest BCUT2D eigenvalue weighted by Gasteiger charge is -2.40. The van der Waals surface area contributed by atoms with E-state index in [2.05, 4.69) is 91.6 Å². The van der Waals surface area contributed by atoms with Gasteiger partial charge in [0.15, 0.2) is 0 Å². The van der Waals surface area contributed by atoms with E-state index >= 15 is 0 Å². The molecule has 5 nitrogen and oxygen atoms in total. The topological polar surface area (TPSA) is 53.1 Å². The van der Waals surface area contributed by atoms with Crippen molar-refractivity contribution in [1.82, 2.24) is 15.3 Å². The van der Waals surface area contributed by atoms with Crippen LogP contribution in [0.25, 0.3) is 11.3 Å². The molecule has 1 aliphatic carbocycles. The molecule has 2 heterocycles. The Kier molecular flexibility index (Phi) is 7.41. The molecule has 0 radical (unpaired) electrons. The van der Waals surface area contributed by atoms with E-state index in [1.165, 1.54) is 41.4 Å². The number of halogens is 1. The molecule has 6 heteroatoms. The number of hydrogen-bond acceptors (Lipinski definition) is 5. The highest BCUT2D eigenvalue weighted by atomic mass is 127. The first-order valence-electron chi connectivity index (χ1n) is 12.2. The Morgan fingerprint density at radius 1 is 0.848 bits per heavy atom. The Balaban J connectivity index is 1.24. The molecular weight excluding hydrogens is 521 g/mol. The van der Waals surface area contributed by atoms with Gasteiger partial charge in [-0.3, -0.25) is 0 Å². The van der Waals surface area contributed by atoms with E-state index in [1.54, 1.807) is 0 Å². The predicted octanol–water partition coefficient (Wildman–Crippen LogP) is 5.73. The van der Waals surface area contributed by atoms with Crippen LogP contribution in [0.5, 0.6) is 0 Å². The zero-order chi connectivity index (χ0) is 22.5. The second kappa shape index (κ2) is 10.8. The van der Waals surface area contributed by atoms with Crippen molar-refractivity contribution in [3.63, 3.8) is 0 Å². The van der Waals surface area contributed by atoms with Crippen molar-refractivity contribution in [2.75, 3.05) is 23.3 Å². The van der Waals surface area contributed by atoms with Crippen LogP contribution >= 0.6 is 22.6 Å². The summed E-state index contributed by atoms with van der Waals surface area (Å²) < 4.78 is 1.29. The molecule has 3 aromatic rings. The number of nitrogens with one attached hydrogen (secondary N) is 2. The van der Waals surface area contributed by atoms with E-state index in [0.29, 0.717) is 18.1 Å². The van der Waals surface area contributed by atoms with Gasteiger partial charge < -0.3 is 15.5 Å². The van der Waals surface area contributed by atoms with Gasteiger partial charge in [-0.2, -0.15) is 0 Å². The van der Waals surface area contributed by atoms with Gasteiger partial charge in [-0.15, -0.1) is 0 Å². The molecular formula is C27H32IN5. The van der Waals surface area contributed by atoms with Crippen molar-refractivity contribution in [3.05, 3.63) is 70.4 Å². The van der Waals surface area contributed by atoms with Crippen molar-refractivity contribution in [3.8, 4) is 11.3 Å². The average Bonchev–Trinajstić information content (AvgIpc) is 2.87. The van der Waals surface area contributed by atoms with Crippen LogP contribution in [-0.4, -0.2) is 41.2 Å². The number of rotatable bonds is 6. The third-order valence-electron chi connectivity index (χ3n) is 6.87. The summed E-state index contributed by atoms with van der Waals surface area (Å²) in [6.45, 7) is 2.22. The van der Waals surface area contributed by atoms with Crippen LogP contribution in [0.15, 0.2) is 66.9 Å². The predicted molar refractivity (Wildman–Crippen MR) is 145 cm³/mol. The maximum Gasteiger partial charge on any atom is 0.223 e. The highest BCUT2D eigenvalue weighted by Crippen LogP contribution is 2.26. The summed E-state index contributed by atoms with van der Waals surface area (Å²) in [4.78, 5) is 11.9. The molecule has 33 heavy (non-hydrogen) atoms. The number of benzene rings is 2. The second-order valence-corrected chi connectivity index (χ2v) is 10.4. The highest BCUT2D eigenvalue weighted by molar-refractivity contribution is 14.1. The van der Waals surface area contributed by atoms with Crippen LogP contribution < -0.4 is 15.5 Å². The zero-order valence-corrected chi connectivity index (χ0v) is 21.1. The molecule has 1 saturated carbocycles. The molecule has 1 aromatic heterocycles. The molecule has 2 aromatic carbocycles. The van der Waals surface area contributed by atoms with Crippen molar-refractivity contribution in [2.24, 2.45) is 0 Å². The van der Waals surface area contributed by atoms with Gasteiger partial charge in [0.1, 0.15) is 0 Å². The molecule has 1 saturated heterocycles. The molecule has 5 rings (SSSR count). The zero-order valence-electron chi connectivity index (χ0n) is 19.0. The molecule has 3 atom stereocenters. The number of nitrogens with zero attached hydrogens (tertiary/aromatic N) is 3. The van der Waals surface area contributed by atoms with E-state index in [1.807, 2.05) is 18.3 Å². The molecule has 0 amide bonds. The van der Waals surface area contributed by atoms with Gasteiger partial charge in [0, 0.05) is 52.2 Å². The van der Waals surface area contributed by atoms with E-state index in [-0.39, 0.29) is 0 Å². The van der Waals surface area contributed by atoms with Crippen LogP contribution in [0.1, 0.15) is 38.5 Å². The van der Waals surface area contributed by atoms with Crippen LogP contribution in [0, 0.1) is 3.57 Å². The van der Waals surface area contributed by atoms with Crippen LogP contribution in [0.4, 0.5) is 11.6 Å². The lowest BCUT2D eigenvalue weighted by molar-refractivity contribution is 0.293. The molecule has 2 unspecified atom stereocenters. The number of aromatic nitrogens is 2. The van der Waals surface area contributed by atoms with Crippen molar-refractivity contribution in [1.29, 1.82) is 0 Å². The molecule has 2 aliphatic rings. The average molecular weight is 553 g/mol. The Morgan fingerprint density at radius 2 is 1.64 bits per heavy atom. The van der Waals surface area contributed by atoms with Gasteiger partial charge in [0.05, 0.1) is 5.69 Å². The van der Waals surface area contributed by atoms with Gasteiger partial charge in [-0.05, 0) is 78.6 Å². The SMILES string of the molecule is Ic1ccc(N2CCC[C@H](NC3CCCCC3Nc3nccc(-c4ccccc4)n3)C2)cc1. The minimum Gasteiger partial charge on any atom is -0.370 e. The largest absolute Gasteiger partial charge is 0.370 e. The summed E-state index contributed by atoms with van der Waals surface area (Å²) in [5.41, 5.74) is 3.43. The summed E-state index contributed by atoms with van der Waals surface area (Å²) in [5.74, 6) is 0.735. The molecule has 0 bridgehead atoms. The molecule has 0 spiro atoms. The smallest absolute Gasteiger partial charge is 0.223 e. The first-order chi connectivity index (χ1) is 16.2. The van der Waals surface area contributed by atoms with Gasteiger partial charge in [0.25, 0.3) is 0 Å². The van der Waals surface area contributed by atoms with Crippen LogP contribution in [0.3, 0.4) is 0 Å². The van der Waals surface area contributed by atoms with Gasteiger partial charge in [-0.25, -0.2) is 9.97 Å². The monoisotopic (exact) mass is 553 g/mol. The maximum absolute atomic E-state index is 4.82. The molecule has 1 aliphatic heterocycles. The third kappa shape index (κ3) is 5.84. The summed E-state index contributed by atoms with van der Waals surface area (Å²) in [6, 6.07) is 22.6. The van der Waals surface area contributed by atoms with Gasteiger partial charge >= 0.3 is 0 Å². The standard InChI is InChI=1S/C27H32IN5/c28-21-12-14-23(15-13-21)33-18-6-9-22(19-33)30-25-10-4-5-11-26(25)32-27-29-17-16-24(31-27)20-7-2-1-3-8-20/h1-3,7-8,12-17,22,25-26,30H,4-6,9-11,18-19H2,(H,29,31,32)/t22-,25?,26?/m0/s1. The fourth-order valence-electron chi connectivity index (χ4n) is 5.17. The highest BCUT2D eigenvalue weighted by Gasteiger charge is 2.29. The van der Waals surface area contributed by atoms with E-state index in [9.17, 15) is 0 Å². The van der Waals surface area contributed by atoms with Crippen molar-refractivity contribution < 1.29 is 0 Å². The Bertz CT molecular complexity index is 1030. The Hall–Kier alpha value is -2.19. The summed E-state index contributed by atoms with van der Waals surface area (Å²) in [5, 5.41) is 7.71. The minimum atomic E-state index is 0.360. The number of hydrogen-bond donors (Lipinski definition) is 2.